The van der Waals surface area contributed by atoms with Crippen molar-refractivity contribution in [2.75, 3.05) is 0 Å². The van der Waals surface area contributed by atoms with Crippen LogP contribution in [0.2, 0.25) is 0 Å². The highest BCUT2D eigenvalue weighted by molar-refractivity contribution is 5.29. The Kier molecular flexibility index (Phi) is 4.17. The van der Waals surface area contributed by atoms with Crippen LogP contribution in [-0.2, 0) is 6.54 Å². The van der Waals surface area contributed by atoms with E-state index in [1.54, 1.807) is 6.07 Å². The number of nitrogens with one attached hydrogen (secondary N) is 1. The molecule has 2 N–H and O–H groups in total. The molecule has 1 unspecified atom stereocenters. The van der Waals surface area contributed by atoms with Gasteiger partial charge in [-0.05, 0) is 25.5 Å². The number of hydrogen-bond acceptors (Lipinski definition) is 2. The van der Waals surface area contributed by atoms with Crippen molar-refractivity contribution in [2.45, 2.75) is 26.4 Å². The molecular weight excluding hydrogens is 241 g/mol. The van der Waals surface area contributed by atoms with Crippen molar-refractivity contribution < 1.29 is 9.50 Å². The van der Waals surface area contributed by atoms with Gasteiger partial charge in [-0.2, -0.15) is 0 Å². The minimum atomic E-state index is -0.385. The molecule has 0 heterocycles. The smallest absolute Gasteiger partial charge is 0.131 e. The number of aryl methyl sites for hydroxylation is 1. The topological polar surface area (TPSA) is 32.3 Å². The molecule has 1 atom stereocenters. The maximum absolute atomic E-state index is 13.7. The fourth-order valence-electron chi connectivity index (χ4n) is 1.95. The summed E-state index contributed by atoms with van der Waals surface area (Å²) in [5, 5.41) is 12.5. The molecule has 0 radical (unpaired) electrons. The summed E-state index contributed by atoms with van der Waals surface area (Å²) in [6.07, 6.45) is 0. The van der Waals surface area contributed by atoms with Crippen molar-refractivity contribution in [3.8, 4) is 5.75 Å². The summed E-state index contributed by atoms with van der Waals surface area (Å²) in [5.74, 6) is -0.434. The van der Waals surface area contributed by atoms with Gasteiger partial charge in [0.05, 0.1) is 0 Å². The SMILES string of the molecule is Cc1ccc(CNC(C)c2ccc(O)cc2F)cc1. The molecule has 0 fully saturated rings. The first-order valence-corrected chi connectivity index (χ1v) is 6.33. The lowest BCUT2D eigenvalue weighted by Gasteiger charge is -2.15. The normalized spacial score (nSPS) is 12.4. The van der Waals surface area contributed by atoms with Crippen molar-refractivity contribution in [3.63, 3.8) is 0 Å². The van der Waals surface area contributed by atoms with Crippen LogP contribution >= 0.6 is 0 Å². The summed E-state index contributed by atoms with van der Waals surface area (Å²) in [7, 11) is 0. The van der Waals surface area contributed by atoms with Crippen LogP contribution in [0, 0.1) is 12.7 Å². The van der Waals surface area contributed by atoms with E-state index in [9.17, 15) is 9.50 Å². The van der Waals surface area contributed by atoms with Crippen LogP contribution in [0.5, 0.6) is 5.75 Å². The first-order valence-electron chi connectivity index (χ1n) is 6.33. The van der Waals surface area contributed by atoms with Crippen molar-refractivity contribution in [2.24, 2.45) is 0 Å². The van der Waals surface area contributed by atoms with E-state index in [0.29, 0.717) is 12.1 Å². The van der Waals surface area contributed by atoms with Gasteiger partial charge in [-0.1, -0.05) is 35.9 Å². The third-order valence-electron chi connectivity index (χ3n) is 3.18. The third kappa shape index (κ3) is 3.55. The highest BCUT2D eigenvalue weighted by atomic mass is 19.1. The number of hydrogen-bond donors (Lipinski definition) is 2. The number of phenolic OH excluding ortho intramolecular Hbond substituents is 1. The van der Waals surface area contributed by atoms with Crippen molar-refractivity contribution >= 4 is 0 Å². The summed E-state index contributed by atoms with van der Waals surface area (Å²) < 4.78 is 13.7. The zero-order valence-corrected chi connectivity index (χ0v) is 11.2. The standard InChI is InChI=1S/C16H18FNO/c1-11-3-5-13(6-4-11)10-18-12(2)15-8-7-14(19)9-16(15)17/h3-9,12,18-19H,10H2,1-2H3. The lowest BCUT2D eigenvalue weighted by atomic mass is 10.1. The Morgan fingerprint density at radius 1 is 1.16 bits per heavy atom. The predicted molar refractivity (Wildman–Crippen MR) is 74.5 cm³/mol. The van der Waals surface area contributed by atoms with Crippen LogP contribution in [0.4, 0.5) is 4.39 Å². The molecule has 0 bridgehead atoms. The van der Waals surface area contributed by atoms with E-state index in [2.05, 4.69) is 29.6 Å². The number of phenols is 1. The fourth-order valence-corrected chi connectivity index (χ4v) is 1.95. The highest BCUT2D eigenvalue weighted by Gasteiger charge is 2.10. The average Bonchev–Trinajstić information content (AvgIpc) is 2.37. The second kappa shape index (κ2) is 5.85. The molecule has 2 aromatic rings. The van der Waals surface area contributed by atoms with Gasteiger partial charge in [-0.15, -0.1) is 0 Å². The molecule has 0 amide bonds. The zero-order chi connectivity index (χ0) is 13.8. The molecule has 19 heavy (non-hydrogen) atoms. The van der Waals surface area contributed by atoms with Gasteiger partial charge in [0, 0.05) is 24.2 Å². The van der Waals surface area contributed by atoms with Gasteiger partial charge in [0.1, 0.15) is 11.6 Å². The molecule has 2 nitrogen and oxygen atoms in total. The minimum absolute atomic E-state index is 0.0491. The van der Waals surface area contributed by atoms with Gasteiger partial charge in [0.2, 0.25) is 0 Å². The second-order valence-electron chi connectivity index (χ2n) is 4.79. The van der Waals surface area contributed by atoms with Crippen molar-refractivity contribution in [1.82, 2.24) is 5.32 Å². The molecule has 3 heteroatoms. The van der Waals surface area contributed by atoms with E-state index < -0.39 is 0 Å². The Balaban J connectivity index is 2.01. The Labute approximate surface area is 112 Å². The number of rotatable bonds is 4. The predicted octanol–water partition coefficient (Wildman–Crippen LogP) is 3.69. The van der Waals surface area contributed by atoms with Crippen LogP contribution in [0.1, 0.15) is 29.7 Å². The first-order chi connectivity index (χ1) is 9.06. The summed E-state index contributed by atoms with van der Waals surface area (Å²) in [6, 6.07) is 12.4. The Morgan fingerprint density at radius 3 is 2.47 bits per heavy atom. The van der Waals surface area contributed by atoms with E-state index in [4.69, 9.17) is 0 Å². The molecule has 0 aliphatic carbocycles. The van der Waals surface area contributed by atoms with Crippen LogP contribution < -0.4 is 5.32 Å². The molecule has 0 aliphatic rings. The van der Waals surface area contributed by atoms with Crippen LogP contribution in [0.15, 0.2) is 42.5 Å². The summed E-state index contributed by atoms with van der Waals surface area (Å²) >= 11 is 0. The quantitative estimate of drug-likeness (QED) is 0.877. The summed E-state index contributed by atoms with van der Waals surface area (Å²) in [6.45, 7) is 4.64. The molecule has 0 saturated heterocycles. The largest absolute Gasteiger partial charge is 0.508 e. The highest BCUT2D eigenvalue weighted by Crippen LogP contribution is 2.21. The molecule has 0 saturated carbocycles. The minimum Gasteiger partial charge on any atom is -0.508 e. The van der Waals surface area contributed by atoms with Gasteiger partial charge in [-0.25, -0.2) is 4.39 Å². The molecule has 0 aliphatic heterocycles. The van der Waals surface area contributed by atoms with E-state index in [1.165, 1.54) is 11.6 Å². The lowest BCUT2D eigenvalue weighted by molar-refractivity contribution is 0.463. The van der Waals surface area contributed by atoms with Gasteiger partial charge >= 0.3 is 0 Å². The Bertz CT molecular complexity index is 551. The van der Waals surface area contributed by atoms with Crippen molar-refractivity contribution in [3.05, 3.63) is 65.0 Å². The van der Waals surface area contributed by atoms with Gasteiger partial charge < -0.3 is 10.4 Å². The molecule has 0 spiro atoms. The molecule has 100 valence electrons. The van der Waals surface area contributed by atoms with E-state index in [1.807, 2.05) is 13.8 Å². The first kappa shape index (κ1) is 13.6. The van der Waals surface area contributed by atoms with E-state index in [0.717, 1.165) is 11.6 Å². The Morgan fingerprint density at radius 2 is 1.84 bits per heavy atom. The third-order valence-corrected chi connectivity index (χ3v) is 3.18. The maximum Gasteiger partial charge on any atom is 0.131 e. The van der Waals surface area contributed by atoms with E-state index >= 15 is 0 Å². The fraction of sp³-hybridized carbons (Fsp3) is 0.250. The molecule has 0 aromatic heterocycles. The van der Waals surface area contributed by atoms with Crippen LogP contribution in [0.25, 0.3) is 0 Å². The molecule has 2 rings (SSSR count). The molecular formula is C16H18FNO. The second-order valence-corrected chi connectivity index (χ2v) is 4.79. The summed E-state index contributed by atoms with van der Waals surface area (Å²) in [5.41, 5.74) is 2.95. The number of halogens is 1. The number of aromatic hydroxyl groups is 1. The lowest BCUT2D eigenvalue weighted by Crippen LogP contribution is -2.19. The monoisotopic (exact) mass is 259 g/mol. The number of benzene rings is 2. The van der Waals surface area contributed by atoms with E-state index in [-0.39, 0.29) is 17.6 Å². The zero-order valence-electron chi connectivity index (χ0n) is 11.2. The van der Waals surface area contributed by atoms with Crippen LogP contribution in [-0.4, -0.2) is 5.11 Å². The summed E-state index contributed by atoms with van der Waals surface area (Å²) in [4.78, 5) is 0. The maximum atomic E-state index is 13.7. The molecule has 2 aromatic carbocycles. The van der Waals surface area contributed by atoms with Gasteiger partial charge in [0.25, 0.3) is 0 Å². The average molecular weight is 259 g/mol. The Hall–Kier alpha value is -1.87. The van der Waals surface area contributed by atoms with Gasteiger partial charge in [-0.3, -0.25) is 0 Å². The van der Waals surface area contributed by atoms with Gasteiger partial charge in [0.15, 0.2) is 0 Å². The van der Waals surface area contributed by atoms with Crippen LogP contribution in [0.3, 0.4) is 0 Å². The van der Waals surface area contributed by atoms with Crippen molar-refractivity contribution in [1.29, 1.82) is 0 Å².